The topological polar surface area (TPSA) is 92.4 Å². The fraction of sp³-hybridized carbons (Fsp3) is 0.357. The number of amides is 1. The van der Waals surface area contributed by atoms with Crippen LogP contribution >= 0.6 is 0 Å². The predicted octanol–water partition coefficient (Wildman–Crippen LogP) is 1.58. The number of benzene rings is 1. The summed E-state index contributed by atoms with van der Waals surface area (Å²) in [6, 6.07) is 2.95. The summed E-state index contributed by atoms with van der Waals surface area (Å²) in [6.07, 6.45) is -0.00644. The molecular formula is C14H16N2O4. The number of aliphatic carboxylic acids is 1. The number of aryl methyl sites for hydroxylation is 2. The van der Waals surface area contributed by atoms with E-state index in [0.29, 0.717) is 11.3 Å². The van der Waals surface area contributed by atoms with Gasteiger partial charge in [-0.05, 0) is 38.0 Å². The number of nitrogens with one attached hydrogen (secondary N) is 1. The number of carbonyl (C=O) groups is 2. The zero-order valence-electron chi connectivity index (χ0n) is 11.6. The summed E-state index contributed by atoms with van der Waals surface area (Å²) in [4.78, 5) is 22.5. The van der Waals surface area contributed by atoms with Gasteiger partial charge in [-0.2, -0.15) is 0 Å². The standard InChI is InChI=1S/C14H16N2O4/c1-7-4-8(2)13-10(5-7)11(16-20-13)6-12(17)15-9(3)14(18)19/h4-5,9H,6H2,1-3H3,(H,15,17)(H,18,19). The van der Waals surface area contributed by atoms with Gasteiger partial charge in [-0.25, -0.2) is 0 Å². The Hall–Kier alpha value is -2.37. The van der Waals surface area contributed by atoms with Crippen molar-refractivity contribution in [3.63, 3.8) is 0 Å². The maximum absolute atomic E-state index is 11.8. The second-order valence-electron chi connectivity index (χ2n) is 4.89. The van der Waals surface area contributed by atoms with Gasteiger partial charge in [-0.15, -0.1) is 0 Å². The Morgan fingerprint density at radius 1 is 1.40 bits per heavy atom. The van der Waals surface area contributed by atoms with E-state index < -0.39 is 17.9 Å². The van der Waals surface area contributed by atoms with E-state index in [1.807, 2.05) is 26.0 Å². The summed E-state index contributed by atoms with van der Waals surface area (Å²) in [5, 5.41) is 15.8. The molecule has 106 valence electrons. The minimum absolute atomic E-state index is 0.00644. The molecule has 1 amide bonds. The molecule has 2 N–H and O–H groups in total. The van der Waals surface area contributed by atoms with Crippen LogP contribution in [0.15, 0.2) is 16.7 Å². The summed E-state index contributed by atoms with van der Waals surface area (Å²) in [5.74, 6) is -1.47. The Kier molecular flexibility index (Phi) is 3.74. The van der Waals surface area contributed by atoms with Crippen LogP contribution < -0.4 is 5.32 Å². The summed E-state index contributed by atoms with van der Waals surface area (Å²) in [6.45, 7) is 5.28. The van der Waals surface area contributed by atoms with Gasteiger partial charge < -0.3 is 14.9 Å². The zero-order chi connectivity index (χ0) is 14.9. The fourth-order valence-electron chi connectivity index (χ4n) is 2.07. The largest absolute Gasteiger partial charge is 0.480 e. The van der Waals surface area contributed by atoms with Crippen molar-refractivity contribution in [2.75, 3.05) is 0 Å². The molecule has 0 aliphatic carbocycles. The van der Waals surface area contributed by atoms with E-state index in [4.69, 9.17) is 9.63 Å². The van der Waals surface area contributed by atoms with Crippen LogP contribution in [0.3, 0.4) is 0 Å². The maximum atomic E-state index is 11.8. The summed E-state index contributed by atoms with van der Waals surface area (Å²) < 4.78 is 5.24. The SMILES string of the molecule is Cc1cc(C)c2onc(CC(=O)NC(C)C(=O)O)c2c1. The highest BCUT2D eigenvalue weighted by molar-refractivity contribution is 5.89. The number of hydrogen-bond acceptors (Lipinski definition) is 4. The van der Waals surface area contributed by atoms with Gasteiger partial charge in [0.15, 0.2) is 5.58 Å². The van der Waals surface area contributed by atoms with Gasteiger partial charge in [-0.1, -0.05) is 11.2 Å². The molecule has 1 unspecified atom stereocenters. The number of carbonyl (C=O) groups excluding carboxylic acids is 1. The predicted molar refractivity (Wildman–Crippen MR) is 72.4 cm³/mol. The van der Waals surface area contributed by atoms with Gasteiger partial charge in [0.05, 0.1) is 6.42 Å². The van der Waals surface area contributed by atoms with Crippen LogP contribution in [-0.2, 0) is 16.0 Å². The number of fused-ring (bicyclic) bond motifs is 1. The molecule has 0 fully saturated rings. The van der Waals surface area contributed by atoms with E-state index in [1.165, 1.54) is 6.92 Å². The number of carboxylic acids is 1. The Labute approximate surface area is 115 Å². The summed E-state index contributed by atoms with van der Waals surface area (Å²) in [5.41, 5.74) is 3.18. The van der Waals surface area contributed by atoms with Crippen molar-refractivity contribution in [2.45, 2.75) is 33.2 Å². The van der Waals surface area contributed by atoms with Crippen LogP contribution in [0.4, 0.5) is 0 Å². The Balaban J connectivity index is 2.22. The maximum Gasteiger partial charge on any atom is 0.325 e. The van der Waals surface area contributed by atoms with E-state index in [1.54, 1.807) is 0 Å². The van der Waals surface area contributed by atoms with Gasteiger partial charge in [0.2, 0.25) is 5.91 Å². The molecule has 0 radical (unpaired) electrons. The molecule has 2 rings (SSSR count). The van der Waals surface area contributed by atoms with Crippen LogP contribution in [0, 0.1) is 13.8 Å². The quantitative estimate of drug-likeness (QED) is 0.884. The number of rotatable bonds is 4. The van der Waals surface area contributed by atoms with Crippen LogP contribution in [-0.4, -0.2) is 28.2 Å². The highest BCUT2D eigenvalue weighted by atomic mass is 16.5. The number of nitrogens with zero attached hydrogens (tertiary/aromatic N) is 1. The molecule has 6 heteroatoms. The lowest BCUT2D eigenvalue weighted by Gasteiger charge is -2.07. The molecule has 0 saturated heterocycles. The molecule has 6 nitrogen and oxygen atoms in total. The van der Waals surface area contributed by atoms with Crippen LogP contribution in [0.1, 0.15) is 23.7 Å². The monoisotopic (exact) mass is 276 g/mol. The minimum atomic E-state index is -1.07. The zero-order valence-corrected chi connectivity index (χ0v) is 11.6. The van der Waals surface area contributed by atoms with Gasteiger partial charge in [0.1, 0.15) is 11.7 Å². The molecule has 0 spiro atoms. The highest BCUT2D eigenvalue weighted by Crippen LogP contribution is 2.24. The van der Waals surface area contributed by atoms with Crippen molar-refractivity contribution in [1.29, 1.82) is 0 Å². The summed E-state index contributed by atoms with van der Waals surface area (Å²) >= 11 is 0. The molecule has 1 atom stereocenters. The molecule has 20 heavy (non-hydrogen) atoms. The second kappa shape index (κ2) is 5.32. The van der Waals surface area contributed by atoms with Gasteiger partial charge in [0.25, 0.3) is 0 Å². The third-order valence-corrected chi connectivity index (χ3v) is 3.05. The molecule has 1 aromatic heterocycles. The van der Waals surface area contributed by atoms with Gasteiger partial charge in [-0.3, -0.25) is 9.59 Å². The van der Waals surface area contributed by atoms with Crippen molar-refractivity contribution in [3.05, 3.63) is 29.0 Å². The molecule has 0 bridgehead atoms. The van der Waals surface area contributed by atoms with Crippen molar-refractivity contribution >= 4 is 22.8 Å². The number of aromatic nitrogens is 1. The third kappa shape index (κ3) is 2.79. The van der Waals surface area contributed by atoms with Crippen LogP contribution in [0.5, 0.6) is 0 Å². The minimum Gasteiger partial charge on any atom is -0.480 e. The van der Waals surface area contributed by atoms with Crippen molar-refractivity contribution < 1.29 is 19.2 Å². The first-order chi connectivity index (χ1) is 9.38. The van der Waals surface area contributed by atoms with E-state index in [2.05, 4.69) is 10.5 Å². The average Bonchev–Trinajstić information content (AvgIpc) is 2.72. The van der Waals surface area contributed by atoms with E-state index in [0.717, 1.165) is 16.5 Å². The molecule has 1 aromatic carbocycles. The Bertz CT molecular complexity index is 675. The van der Waals surface area contributed by atoms with E-state index >= 15 is 0 Å². The van der Waals surface area contributed by atoms with Gasteiger partial charge in [0, 0.05) is 5.39 Å². The smallest absolute Gasteiger partial charge is 0.325 e. The lowest BCUT2D eigenvalue weighted by Crippen LogP contribution is -2.39. The first kappa shape index (κ1) is 14.0. The molecule has 2 aromatic rings. The van der Waals surface area contributed by atoms with Gasteiger partial charge >= 0.3 is 5.97 Å². The second-order valence-corrected chi connectivity index (χ2v) is 4.89. The van der Waals surface area contributed by atoms with Crippen LogP contribution in [0.25, 0.3) is 11.0 Å². The lowest BCUT2D eigenvalue weighted by molar-refractivity contribution is -0.141. The highest BCUT2D eigenvalue weighted by Gasteiger charge is 2.18. The van der Waals surface area contributed by atoms with Crippen molar-refractivity contribution in [2.24, 2.45) is 0 Å². The summed E-state index contributed by atoms with van der Waals surface area (Å²) in [7, 11) is 0. The Morgan fingerprint density at radius 2 is 2.10 bits per heavy atom. The first-order valence-corrected chi connectivity index (χ1v) is 6.26. The normalized spacial score (nSPS) is 12.3. The fourth-order valence-corrected chi connectivity index (χ4v) is 2.07. The molecule has 1 heterocycles. The Morgan fingerprint density at radius 3 is 2.75 bits per heavy atom. The lowest BCUT2D eigenvalue weighted by atomic mass is 10.1. The number of carboxylic acid groups (broad SMARTS) is 1. The van der Waals surface area contributed by atoms with Crippen molar-refractivity contribution in [1.82, 2.24) is 10.5 Å². The number of hydrogen-bond donors (Lipinski definition) is 2. The molecule has 0 saturated carbocycles. The van der Waals surface area contributed by atoms with E-state index in [9.17, 15) is 9.59 Å². The average molecular weight is 276 g/mol. The van der Waals surface area contributed by atoms with Crippen molar-refractivity contribution in [3.8, 4) is 0 Å². The molecule has 0 aliphatic heterocycles. The molecule has 0 aliphatic rings. The molecular weight excluding hydrogens is 260 g/mol. The third-order valence-electron chi connectivity index (χ3n) is 3.05. The van der Waals surface area contributed by atoms with E-state index in [-0.39, 0.29) is 6.42 Å². The van der Waals surface area contributed by atoms with Crippen LogP contribution in [0.2, 0.25) is 0 Å². The first-order valence-electron chi connectivity index (χ1n) is 6.26.